The van der Waals surface area contributed by atoms with Gasteiger partial charge in [-0.15, -0.1) is 0 Å². The van der Waals surface area contributed by atoms with E-state index in [1.807, 2.05) is 11.8 Å². The first-order valence-corrected chi connectivity index (χ1v) is 8.30. The van der Waals surface area contributed by atoms with Crippen molar-refractivity contribution in [3.63, 3.8) is 0 Å². The average molecular weight is 308 g/mol. The van der Waals surface area contributed by atoms with E-state index in [1.165, 1.54) is 16.7 Å². The largest absolute Gasteiger partial charge is 0.334 e. The number of rotatable bonds is 4. The zero-order valence-corrected chi connectivity index (χ0v) is 13.9. The molecule has 2 N–H and O–H groups in total. The van der Waals surface area contributed by atoms with E-state index in [4.69, 9.17) is 5.73 Å². The van der Waals surface area contributed by atoms with Crippen LogP contribution in [0.3, 0.4) is 0 Å². The Hall–Kier alpha value is -2.13. The summed E-state index contributed by atoms with van der Waals surface area (Å²) in [6.45, 7) is 5.56. The van der Waals surface area contributed by atoms with Crippen LogP contribution in [-0.4, -0.2) is 10.8 Å². The van der Waals surface area contributed by atoms with Crippen LogP contribution in [0.4, 0.5) is 0 Å². The summed E-state index contributed by atoms with van der Waals surface area (Å²) in [5.41, 5.74) is 12.4. The molecule has 2 aromatic rings. The average Bonchev–Trinajstić information content (AvgIpc) is 2.98. The SMILES string of the molecule is CCCC(=O)N1Cc2ccc(C(N)c3ccc(C)cc3)cc2C1. The fourth-order valence-electron chi connectivity index (χ4n) is 3.12. The van der Waals surface area contributed by atoms with Gasteiger partial charge in [0.2, 0.25) is 5.91 Å². The Morgan fingerprint density at radius 3 is 2.43 bits per heavy atom. The molecule has 0 fully saturated rings. The highest BCUT2D eigenvalue weighted by Crippen LogP contribution is 2.28. The van der Waals surface area contributed by atoms with Crippen LogP contribution in [0.2, 0.25) is 0 Å². The van der Waals surface area contributed by atoms with Crippen molar-refractivity contribution in [3.05, 3.63) is 70.3 Å². The summed E-state index contributed by atoms with van der Waals surface area (Å²) in [6, 6.07) is 14.6. The van der Waals surface area contributed by atoms with Crippen molar-refractivity contribution < 1.29 is 4.79 Å². The van der Waals surface area contributed by atoms with E-state index in [-0.39, 0.29) is 11.9 Å². The van der Waals surface area contributed by atoms with Gasteiger partial charge in [0.05, 0.1) is 6.04 Å². The van der Waals surface area contributed by atoms with Gasteiger partial charge in [-0.2, -0.15) is 0 Å². The smallest absolute Gasteiger partial charge is 0.223 e. The minimum absolute atomic E-state index is 0.124. The zero-order valence-electron chi connectivity index (χ0n) is 13.9. The van der Waals surface area contributed by atoms with E-state index in [1.54, 1.807) is 0 Å². The molecule has 1 unspecified atom stereocenters. The Kier molecular flexibility index (Phi) is 4.49. The van der Waals surface area contributed by atoms with Crippen molar-refractivity contribution in [2.45, 2.75) is 45.8 Å². The molecule has 3 rings (SSSR count). The standard InChI is InChI=1S/C20H24N2O/c1-3-4-19(23)22-12-17-10-9-16(11-18(17)13-22)20(21)15-7-5-14(2)6-8-15/h5-11,20H,3-4,12-13,21H2,1-2H3. The van der Waals surface area contributed by atoms with E-state index < -0.39 is 0 Å². The fourth-order valence-corrected chi connectivity index (χ4v) is 3.12. The molecule has 23 heavy (non-hydrogen) atoms. The van der Waals surface area contributed by atoms with Crippen LogP contribution in [0.25, 0.3) is 0 Å². The van der Waals surface area contributed by atoms with Gasteiger partial charge >= 0.3 is 0 Å². The molecule has 0 radical (unpaired) electrons. The van der Waals surface area contributed by atoms with Crippen molar-refractivity contribution in [2.75, 3.05) is 0 Å². The van der Waals surface area contributed by atoms with E-state index >= 15 is 0 Å². The van der Waals surface area contributed by atoms with Crippen molar-refractivity contribution in [1.82, 2.24) is 4.90 Å². The monoisotopic (exact) mass is 308 g/mol. The van der Waals surface area contributed by atoms with Crippen LogP contribution in [0.1, 0.15) is 53.6 Å². The lowest BCUT2D eigenvalue weighted by atomic mass is 9.96. The maximum atomic E-state index is 12.1. The lowest BCUT2D eigenvalue weighted by Gasteiger charge is -2.15. The number of amides is 1. The number of carbonyl (C=O) groups is 1. The molecule has 0 saturated carbocycles. The van der Waals surface area contributed by atoms with Crippen molar-refractivity contribution in [3.8, 4) is 0 Å². The molecule has 120 valence electrons. The summed E-state index contributed by atoms with van der Waals surface area (Å²) in [7, 11) is 0. The number of benzene rings is 2. The van der Waals surface area contributed by atoms with Crippen LogP contribution in [0, 0.1) is 6.92 Å². The first kappa shape index (κ1) is 15.8. The Morgan fingerprint density at radius 1 is 1.09 bits per heavy atom. The number of hydrogen-bond donors (Lipinski definition) is 1. The zero-order chi connectivity index (χ0) is 16.4. The third-order valence-corrected chi connectivity index (χ3v) is 4.56. The van der Waals surface area contributed by atoms with E-state index in [9.17, 15) is 4.79 Å². The van der Waals surface area contributed by atoms with E-state index in [0.717, 1.165) is 24.1 Å². The highest BCUT2D eigenvalue weighted by Gasteiger charge is 2.23. The number of nitrogens with zero attached hydrogens (tertiary/aromatic N) is 1. The highest BCUT2D eigenvalue weighted by molar-refractivity contribution is 5.76. The van der Waals surface area contributed by atoms with Crippen LogP contribution >= 0.6 is 0 Å². The van der Waals surface area contributed by atoms with E-state index in [2.05, 4.69) is 49.4 Å². The predicted molar refractivity (Wildman–Crippen MR) is 92.8 cm³/mol. The Balaban J connectivity index is 1.79. The second-order valence-corrected chi connectivity index (χ2v) is 6.42. The maximum absolute atomic E-state index is 12.1. The Labute approximate surface area is 138 Å². The minimum Gasteiger partial charge on any atom is -0.334 e. The second kappa shape index (κ2) is 6.55. The molecular formula is C20H24N2O. The summed E-state index contributed by atoms with van der Waals surface area (Å²) in [6.07, 6.45) is 1.53. The fraction of sp³-hybridized carbons (Fsp3) is 0.350. The van der Waals surface area contributed by atoms with Gasteiger partial charge in [-0.25, -0.2) is 0 Å². The molecule has 0 aliphatic carbocycles. The van der Waals surface area contributed by atoms with Crippen LogP contribution in [0.15, 0.2) is 42.5 Å². The van der Waals surface area contributed by atoms with Gasteiger partial charge < -0.3 is 10.6 Å². The molecule has 0 saturated heterocycles. The molecule has 1 aliphatic heterocycles. The van der Waals surface area contributed by atoms with Crippen molar-refractivity contribution in [1.29, 1.82) is 0 Å². The number of fused-ring (bicyclic) bond motifs is 1. The number of hydrogen-bond acceptors (Lipinski definition) is 2. The number of carbonyl (C=O) groups excluding carboxylic acids is 1. The molecular weight excluding hydrogens is 284 g/mol. The van der Waals surface area contributed by atoms with Gasteiger partial charge in [0.25, 0.3) is 0 Å². The predicted octanol–water partition coefficient (Wildman–Crippen LogP) is 3.69. The van der Waals surface area contributed by atoms with Gasteiger partial charge in [-0.1, -0.05) is 55.0 Å². The third-order valence-electron chi connectivity index (χ3n) is 4.56. The van der Waals surface area contributed by atoms with Gasteiger partial charge in [0.1, 0.15) is 0 Å². The second-order valence-electron chi connectivity index (χ2n) is 6.42. The van der Waals surface area contributed by atoms with Gasteiger partial charge in [0, 0.05) is 19.5 Å². The van der Waals surface area contributed by atoms with Crippen LogP contribution in [-0.2, 0) is 17.9 Å². The van der Waals surface area contributed by atoms with Crippen molar-refractivity contribution in [2.24, 2.45) is 5.73 Å². The summed E-state index contributed by atoms with van der Waals surface area (Å²) in [5, 5.41) is 0. The number of nitrogens with two attached hydrogens (primary N) is 1. The summed E-state index contributed by atoms with van der Waals surface area (Å²) < 4.78 is 0. The Bertz CT molecular complexity index is 706. The summed E-state index contributed by atoms with van der Waals surface area (Å²) in [5.74, 6) is 0.244. The molecule has 3 heteroatoms. The minimum atomic E-state index is -0.124. The van der Waals surface area contributed by atoms with Crippen LogP contribution in [0.5, 0.6) is 0 Å². The maximum Gasteiger partial charge on any atom is 0.223 e. The Morgan fingerprint density at radius 2 is 1.74 bits per heavy atom. The van der Waals surface area contributed by atoms with Gasteiger partial charge in [-0.05, 0) is 35.6 Å². The highest BCUT2D eigenvalue weighted by atomic mass is 16.2. The quantitative estimate of drug-likeness (QED) is 0.936. The molecule has 1 amide bonds. The molecule has 1 aliphatic rings. The molecule has 0 aromatic heterocycles. The van der Waals surface area contributed by atoms with E-state index in [0.29, 0.717) is 13.0 Å². The summed E-state index contributed by atoms with van der Waals surface area (Å²) in [4.78, 5) is 14.0. The summed E-state index contributed by atoms with van der Waals surface area (Å²) >= 11 is 0. The number of aryl methyl sites for hydroxylation is 1. The lowest BCUT2D eigenvalue weighted by molar-refractivity contribution is -0.131. The first-order chi connectivity index (χ1) is 11.1. The first-order valence-electron chi connectivity index (χ1n) is 8.30. The lowest BCUT2D eigenvalue weighted by Crippen LogP contribution is -2.24. The van der Waals surface area contributed by atoms with Crippen LogP contribution < -0.4 is 5.73 Å². The van der Waals surface area contributed by atoms with Gasteiger partial charge in [0.15, 0.2) is 0 Å². The molecule has 1 heterocycles. The molecule has 1 atom stereocenters. The molecule has 0 bridgehead atoms. The van der Waals surface area contributed by atoms with Gasteiger partial charge in [-0.3, -0.25) is 4.79 Å². The third kappa shape index (κ3) is 3.30. The normalized spacial score (nSPS) is 14.7. The molecule has 0 spiro atoms. The topological polar surface area (TPSA) is 46.3 Å². The molecule has 3 nitrogen and oxygen atoms in total. The molecule has 2 aromatic carbocycles. The van der Waals surface area contributed by atoms with Crippen molar-refractivity contribution >= 4 is 5.91 Å².